The van der Waals surface area contributed by atoms with Gasteiger partial charge < -0.3 is 19.7 Å². The molecule has 2 aliphatic carbocycles. The van der Waals surface area contributed by atoms with E-state index in [-0.39, 0.29) is 34.8 Å². The summed E-state index contributed by atoms with van der Waals surface area (Å²) in [7, 11) is -5.14. The van der Waals surface area contributed by atoms with E-state index < -0.39 is 36.6 Å². The Morgan fingerprint density at radius 1 is 1.07 bits per heavy atom. The number of anilines is 1. The van der Waals surface area contributed by atoms with Gasteiger partial charge in [0.2, 0.25) is 10.0 Å². The van der Waals surface area contributed by atoms with Crippen molar-refractivity contribution in [2.24, 2.45) is 17.8 Å². The van der Waals surface area contributed by atoms with Crippen molar-refractivity contribution in [2.75, 3.05) is 69.4 Å². The van der Waals surface area contributed by atoms with Gasteiger partial charge in [-0.15, -0.1) is 0 Å². The number of methoxy groups -OCH3 is 1. The molecule has 0 aromatic heterocycles. The van der Waals surface area contributed by atoms with E-state index in [9.17, 15) is 26.4 Å². The van der Waals surface area contributed by atoms with Crippen LogP contribution in [0.2, 0.25) is 5.02 Å². The van der Waals surface area contributed by atoms with Crippen LogP contribution in [0.25, 0.3) is 0 Å². The molecule has 4 heterocycles. The Bertz CT molecular complexity index is 2060. The molecule has 2 saturated heterocycles. The van der Waals surface area contributed by atoms with Gasteiger partial charge in [-0.2, -0.15) is 0 Å². The molecular formula is C41H55ClN4O8S2. The second kappa shape index (κ2) is 16.3. The minimum atomic E-state index is -3.97. The lowest BCUT2D eigenvalue weighted by molar-refractivity contribution is -0.135. The van der Waals surface area contributed by atoms with Crippen LogP contribution in [0.4, 0.5) is 5.69 Å². The minimum absolute atomic E-state index is 0.0434. The van der Waals surface area contributed by atoms with Crippen LogP contribution in [0.5, 0.6) is 5.75 Å². The molecule has 1 amide bonds. The molecular weight excluding hydrogens is 776 g/mol. The SMILES string of the molecule is CO[C@@]1(C=O)/C=C/C[C@H](C)[C@@H](C)S(=O)(=O)NC(=O)c2ccc3c(c2)N(C[C@@H]2CC[C@H]21)C[C@@]1(CCCc2cc(Cl)ccc21)CO3.O=S1(=O)CCN2CCNCC2C1. The number of allylic oxidation sites excluding steroid dienone is 1. The number of hydrogen-bond donors (Lipinski definition) is 2. The first-order chi connectivity index (χ1) is 26.7. The van der Waals surface area contributed by atoms with Gasteiger partial charge in [0.15, 0.2) is 16.1 Å². The smallest absolute Gasteiger partial charge is 0.264 e. The molecule has 2 bridgehead atoms. The Balaban J connectivity index is 0.000000339. The molecule has 306 valence electrons. The normalized spacial score (nSPS) is 34.3. The van der Waals surface area contributed by atoms with Crippen LogP contribution in [0.1, 0.15) is 67.4 Å². The number of ether oxygens (including phenoxy) is 2. The van der Waals surface area contributed by atoms with E-state index in [0.29, 0.717) is 48.4 Å². The predicted octanol–water partition coefficient (Wildman–Crippen LogP) is 4.16. The molecule has 1 unspecified atom stereocenters. The third-order valence-electron chi connectivity index (χ3n) is 13.3. The number of sulfonamides is 1. The first kappa shape index (κ1) is 41.2. The summed E-state index contributed by atoms with van der Waals surface area (Å²) in [4.78, 5) is 30.7. The van der Waals surface area contributed by atoms with Crippen molar-refractivity contribution in [1.29, 1.82) is 0 Å². The molecule has 6 aliphatic rings. The maximum Gasteiger partial charge on any atom is 0.264 e. The van der Waals surface area contributed by atoms with Crippen molar-refractivity contribution in [3.63, 3.8) is 0 Å². The van der Waals surface area contributed by atoms with Crippen molar-refractivity contribution < 1.29 is 35.9 Å². The van der Waals surface area contributed by atoms with E-state index in [2.05, 4.69) is 32.0 Å². The summed E-state index contributed by atoms with van der Waals surface area (Å²) in [6.07, 6.45) is 9.65. The number of hydrogen-bond acceptors (Lipinski definition) is 11. The fraction of sp³-hybridized carbons (Fsp3) is 0.610. The van der Waals surface area contributed by atoms with E-state index in [0.717, 1.165) is 70.3 Å². The zero-order chi connectivity index (χ0) is 39.9. The Hall–Kier alpha value is -3.01. The molecule has 1 spiro atoms. The summed E-state index contributed by atoms with van der Waals surface area (Å²) in [6, 6.07) is 11.5. The first-order valence-electron chi connectivity index (χ1n) is 19.9. The van der Waals surface area contributed by atoms with Crippen LogP contribution in [0, 0.1) is 17.8 Å². The number of amides is 1. The zero-order valence-corrected chi connectivity index (χ0v) is 34.9. The maximum atomic E-state index is 13.4. The van der Waals surface area contributed by atoms with Crippen molar-refractivity contribution in [1.82, 2.24) is 14.9 Å². The van der Waals surface area contributed by atoms with Gasteiger partial charge in [-0.1, -0.05) is 30.7 Å². The fourth-order valence-electron chi connectivity index (χ4n) is 9.58. The van der Waals surface area contributed by atoms with Crippen molar-refractivity contribution in [3.05, 3.63) is 70.3 Å². The van der Waals surface area contributed by atoms with Crippen molar-refractivity contribution >= 4 is 49.3 Å². The number of carbonyl (C=O) groups excluding carboxylic acids is 2. The van der Waals surface area contributed by atoms with Crippen molar-refractivity contribution in [3.8, 4) is 5.75 Å². The third kappa shape index (κ3) is 8.29. The van der Waals surface area contributed by atoms with Gasteiger partial charge in [0.25, 0.3) is 5.91 Å². The number of aldehydes is 1. The molecule has 2 N–H and O–H groups in total. The number of halogens is 1. The predicted molar refractivity (Wildman–Crippen MR) is 218 cm³/mol. The lowest BCUT2D eigenvalue weighted by Gasteiger charge is -2.48. The first-order valence-corrected chi connectivity index (χ1v) is 23.6. The highest BCUT2D eigenvalue weighted by Gasteiger charge is 2.49. The molecule has 4 aliphatic heterocycles. The van der Waals surface area contributed by atoms with Crippen LogP contribution < -0.4 is 19.7 Å². The number of sulfone groups is 1. The largest absolute Gasteiger partial charge is 0.490 e. The third-order valence-corrected chi connectivity index (χ3v) is 17.2. The summed E-state index contributed by atoms with van der Waals surface area (Å²) < 4.78 is 63.8. The Kier molecular flexibility index (Phi) is 12.0. The summed E-state index contributed by atoms with van der Waals surface area (Å²) in [6.45, 7) is 8.73. The van der Waals surface area contributed by atoms with Crippen molar-refractivity contribution in [2.45, 2.75) is 74.7 Å². The van der Waals surface area contributed by atoms with Crippen LogP contribution in [0.15, 0.2) is 48.6 Å². The zero-order valence-electron chi connectivity index (χ0n) is 32.5. The summed E-state index contributed by atoms with van der Waals surface area (Å²) in [5.41, 5.74) is 2.05. The van der Waals surface area contributed by atoms with Crippen LogP contribution in [-0.4, -0.2) is 115 Å². The number of nitrogens with one attached hydrogen (secondary N) is 2. The van der Waals surface area contributed by atoms with Crippen LogP contribution in [0.3, 0.4) is 0 Å². The molecule has 0 radical (unpaired) electrons. The fourth-order valence-corrected chi connectivity index (χ4v) is 12.7. The number of nitrogens with zero attached hydrogens (tertiary/aromatic N) is 2. The molecule has 2 aromatic carbocycles. The number of piperazine rings is 1. The second-order valence-electron chi connectivity index (χ2n) is 16.7. The highest BCUT2D eigenvalue weighted by molar-refractivity contribution is 7.91. The highest BCUT2D eigenvalue weighted by Crippen LogP contribution is 2.48. The van der Waals surface area contributed by atoms with E-state index in [1.165, 1.54) is 11.1 Å². The molecule has 3 fully saturated rings. The van der Waals surface area contributed by atoms with Crippen LogP contribution >= 0.6 is 11.6 Å². The van der Waals surface area contributed by atoms with Gasteiger partial charge in [0.1, 0.15) is 11.4 Å². The van der Waals surface area contributed by atoms with Gasteiger partial charge in [0, 0.05) is 74.3 Å². The van der Waals surface area contributed by atoms with Crippen LogP contribution in [-0.2, 0) is 41.2 Å². The minimum Gasteiger partial charge on any atom is -0.490 e. The second-order valence-corrected chi connectivity index (χ2v) is 21.4. The lowest BCUT2D eigenvalue weighted by Crippen LogP contribution is -2.58. The topological polar surface area (TPSA) is 151 Å². The summed E-state index contributed by atoms with van der Waals surface area (Å²) in [5, 5.41) is 3.09. The van der Waals surface area contributed by atoms with E-state index >= 15 is 0 Å². The Morgan fingerprint density at radius 3 is 2.64 bits per heavy atom. The quantitative estimate of drug-likeness (QED) is 0.332. The van der Waals surface area contributed by atoms with Gasteiger partial charge in [-0.25, -0.2) is 21.6 Å². The molecule has 8 rings (SSSR count). The standard InChI is InChI=1S/C34H41ClN2O6S.C7H14N2O2S/c1-22-6-4-15-34(20-38,42-3)29-11-8-26(29)18-37-19-33(14-5-7-24-16-27(35)10-12-28(24)33)21-43-31-13-9-25(17-30(31)37)32(39)36-44(40,41)23(22)2;10-12(11)4-3-9-2-1-8-5-7(9)6-12/h4,9-10,12-13,15-17,20,22-23,26,29H,5-8,11,14,18-19,21H2,1-3H3,(H,36,39);7-8H,1-6H2/b15-4+;/t22-,23+,26-,29+,33-,34+;/m0./s1. The number of aryl methyl sites for hydroxylation is 1. The molecule has 2 aromatic rings. The highest BCUT2D eigenvalue weighted by atomic mass is 35.5. The Morgan fingerprint density at radius 2 is 1.89 bits per heavy atom. The summed E-state index contributed by atoms with van der Waals surface area (Å²) in [5.74, 6) is 0.495. The average Bonchev–Trinajstić information content (AvgIpc) is 3.31. The molecule has 1 saturated carbocycles. The van der Waals surface area contributed by atoms with Gasteiger partial charge in [0.05, 0.1) is 29.0 Å². The monoisotopic (exact) mass is 830 g/mol. The molecule has 56 heavy (non-hydrogen) atoms. The number of fused-ring (bicyclic) bond motifs is 5. The maximum absolute atomic E-state index is 13.4. The Labute approximate surface area is 336 Å². The van der Waals surface area contributed by atoms with Gasteiger partial charge in [-0.3, -0.25) is 14.5 Å². The molecule has 7 atom stereocenters. The summed E-state index contributed by atoms with van der Waals surface area (Å²) >= 11 is 6.40. The lowest BCUT2D eigenvalue weighted by atomic mass is 9.64. The number of rotatable bonds is 2. The van der Waals surface area contributed by atoms with E-state index in [1.807, 2.05) is 25.1 Å². The number of benzene rings is 2. The average molecular weight is 831 g/mol. The molecule has 15 heteroatoms. The number of carbonyl (C=O) groups is 2. The van der Waals surface area contributed by atoms with Gasteiger partial charge >= 0.3 is 0 Å². The van der Waals surface area contributed by atoms with Gasteiger partial charge in [-0.05, 0) is 105 Å². The van der Waals surface area contributed by atoms with E-state index in [1.54, 1.807) is 32.2 Å². The van der Waals surface area contributed by atoms with E-state index in [4.69, 9.17) is 21.1 Å². The molecule has 12 nitrogen and oxygen atoms in total.